The van der Waals surface area contributed by atoms with E-state index in [0.717, 1.165) is 19.3 Å². The molecule has 1 heterocycles. The van der Waals surface area contributed by atoms with Crippen molar-refractivity contribution in [3.63, 3.8) is 0 Å². The summed E-state index contributed by atoms with van der Waals surface area (Å²) >= 11 is 0. The van der Waals surface area contributed by atoms with Crippen LogP contribution < -0.4 is 9.47 Å². The number of carbonyl (C=O) groups is 2. The first-order valence-electron chi connectivity index (χ1n) is 12.6. The molecule has 35 heavy (non-hydrogen) atoms. The number of para-hydroxylation sites is 1. The number of benzene rings is 2. The van der Waals surface area contributed by atoms with Gasteiger partial charge in [-0.2, -0.15) is 0 Å². The average molecular weight is 485 g/mol. The molecule has 0 fully saturated rings. The molecular formula is C28H37FN2O4. The molecule has 2 aromatic carbocycles. The molecule has 1 atom stereocenters. The van der Waals surface area contributed by atoms with Crippen LogP contribution in [0.2, 0.25) is 0 Å². The van der Waals surface area contributed by atoms with E-state index in [1.54, 1.807) is 18.2 Å². The maximum absolute atomic E-state index is 13.3. The van der Waals surface area contributed by atoms with Crippen molar-refractivity contribution in [2.45, 2.75) is 52.5 Å². The number of hydrogen-bond acceptors (Lipinski definition) is 4. The molecule has 0 radical (unpaired) electrons. The van der Waals surface area contributed by atoms with Crippen molar-refractivity contribution in [1.82, 2.24) is 9.80 Å². The quantitative estimate of drug-likeness (QED) is 0.544. The van der Waals surface area contributed by atoms with Crippen LogP contribution in [0, 0.1) is 11.7 Å². The topological polar surface area (TPSA) is 59.1 Å². The molecule has 2 aromatic rings. The minimum atomic E-state index is -0.325. The summed E-state index contributed by atoms with van der Waals surface area (Å²) in [6.45, 7) is 8.63. The molecular weight excluding hydrogens is 447 g/mol. The van der Waals surface area contributed by atoms with Crippen molar-refractivity contribution in [3.8, 4) is 11.5 Å². The molecule has 0 saturated carbocycles. The molecule has 0 aliphatic carbocycles. The average Bonchev–Trinajstić information content (AvgIpc) is 2.84. The van der Waals surface area contributed by atoms with E-state index < -0.39 is 0 Å². The zero-order chi connectivity index (χ0) is 25.2. The van der Waals surface area contributed by atoms with Crippen LogP contribution in [-0.2, 0) is 4.79 Å². The number of fused-ring (bicyclic) bond motifs is 1. The summed E-state index contributed by atoms with van der Waals surface area (Å²) in [5, 5.41) is 0. The summed E-state index contributed by atoms with van der Waals surface area (Å²) < 4.78 is 25.0. The van der Waals surface area contributed by atoms with E-state index in [9.17, 15) is 14.0 Å². The van der Waals surface area contributed by atoms with E-state index in [2.05, 4.69) is 13.8 Å². The summed E-state index contributed by atoms with van der Waals surface area (Å²) in [4.78, 5) is 30.2. The standard InChI is InChI=1S/C28H37FN2O4/c1-4-30-16-7-8-17-31(27(32)15-18-34-24-13-11-22(29)12-14-24)23(19-21(2)3)20-35-26-10-6-5-9-25(26)28(30)33/h5-6,9-14,21,23H,4,7-8,15-20H2,1-3H3/t23-/m0/s1. The zero-order valence-corrected chi connectivity index (χ0v) is 21.0. The molecule has 0 unspecified atom stereocenters. The van der Waals surface area contributed by atoms with Crippen molar-refractivity contribution in [3.05, 3.63) is 59.9 Å². The first kappa shape index (κ1) is 26.5. The number of nitrogens with zero attached hydrogens (tertiary/aromatic N) is 2. The lowest BCUT2D eigenvalue weighted by Gasteiger charge is -2.34. The first-order valence-corrected chi connectivity index (χ1v) is 12.6. The van der Waals surface area contributed by atoms with Crippen LogP contribution in [0.3, 0.4) is 0 Å². The summed E-state index contributed by atoms with van der Waals surface area (Å²) in [7, 11) is 0. The SMILES string of the molecule is CCN1CCCCN(C(=O)CCOc2ccc(F)cc2)[C@@H](CC(C)C)COc2ccccc2C1=O. The smallest absolute Gasteiger partial charge is 0.257 e. The Kier molecular flexibility index (Phi) is 9.94. The molecule has 7 heteroatoms. The number of halogens is 1. The van der Waals surface area contributed by atoms with Crippen LogP contribution in [0.15, 0.2) is 48.5 Å². The van der Waals surface area contributed by atoms with Gasteiger partial charge in [0.15, 0.2) is 0 Å². The lowest BCUT2D eigenvalue weighted by molar-refractivity contribution is -0.135. The lowest BCUT2D eigenvalue weighted by atomic mass is 10.0. The summed E-state index contributed by atoms with van der Waals surface area (Å²) in [5.74, 6) is 1.13. The highest BCUT2D eigenvalue weighted by atomic mass is 19.1. The van der Waals surface area contributed by atoms with Gasteiger partial charge < -0.3 is 19.3 Å². The largest absolute Gasteiger partial charge is 0.493 e. The van der Waals surface area contributed by atoms with Gasteiger partial charge in [0, 0.05) is 19.6 Å². The Balaban J connectivity index is 1.76. The van der Waals surface area contributed by atoms with Crippen LogP contribution >= 0.6 is 0 Å². The Morgan fingerprint density at radius 2 is 1.83 bits per heavy atom. The fourth-order valence-corrected chi connectivity index (χ4v) is 4.38. The van der Waals surface area contributed by atoms with E-state index in [-0.39, 0.29) is 36.7 Å². The first-order chi connectivity index (χ1) is 16.9. The summed E-state index contributed by atoms with van der Waals surface area (Å²) in [5.41, 5.74) is 0.559. The molecule has 2 amide bonds. The second-order valence-electron chi connectivity index (χ2n) is 9.32. The van der Waals surface area contributed by atoms with Crippen molar-refractivity contribution < 1.29 is 23.5 Å². The molecule has 0 spiro atoms. The molecule has 3 rings (SSSR count). The highest BCUT2D eigenvalue weighted by molar-refractivity contribution is 5.96. The molecule has 1 aliphatic rings. The molecule has 0 aromatic heterocycles. The molecule has 0 saturated heterocycles. The Bertz CT molecular complexity index is 964. The number of hydrogen-bond donors (Lipinski definition) is 0. The second kappa shape index (κ2) is 13.1. The van der Waals surface area contributed by atoms with Gasteiger partial charge in [-0.3, -0.25) is 9.59 Å². The third-order valence-electron chi connectivity index (χ3n) is 6.20. The van der Waals surface area contributed by atoms with Crippen LogP contribution in [0.1, 0.15) is 56.8 Å². The molecule has 0 N–H and O–H groups in total. The van der Waals surface area contributed by atoms with Gasteiger partial charge in [-0.15, -0.1) is 0 Å². The van der Waals surface area contributed by atoms with Crippen LogP contribution in [0.4, 0.5) is 4.39 Å². The van der Waals surface area contributed by atoms with Gasteiger partial charge in [0.05, 0.1) is 24.6 Å². The van der Waals surface area contributed by atoms with E-state index in [1.807, 2.05) is 34.9 Å². The van der Waals surface area contributed by atoms with Gasteiger partial charge in [-0.05, 0) is 68.5 Å². The highest BCUT2D eigenvalue weighted by Crippen LogP contribution is 2.24. The molecule has 1 aliphatic heterocycles. The van der Waals surface area contributed by atoms with Crippen molar-refractivity contribution >= 4 is 11.8 Å². The molecule has 0 bridgehead atoms. The second-order valence-corrected chi connectivity index (χ2v) is 9.32. The van der Waals surface area contributed by atoms with Crippen molar-refractivity contribution in [1.29, 1.82) is 0 Å². The minimum Gasteiger partial charge on any atom is -0.493 e. The van der Waals surface area contributed by atoms with Gasteiger partial charge >= 0.3 is 0 Å². The third kappa shape index (κ3) is 7.70. The van der Waals surface area contributed by atoms with E-state index >= 15 is 0 Å². The molecule has 6 nitrogen and oxygen atoms in total. The van der Waals surface area contributed by atoms with E-state index in [0.29, 0.717) is 49.2 Å². The van der Waals surface area contributed by atoms with Crippen molar-refractivity contribution in [2.75, 3.05) is 32.8 Å². The fraction of sp³-hybridized carbons (Fsp3) is 0.500. The van der Waals surface area contributed by atoms with Crippen LogP contribution in [-0.4, -0.2) is 60.5 Å². The highest BCUT2D eigenvalue weighted by Gasteiger charge is 2.27. The Hall–Kier alpha value is -3.09. The van der Waals surface area contributed by atoms with Gasteiger partial charge in [-0.25, -0.2) is 4.39 Å². The monoisotopic (exact) mass is 484 g/mol. The van der Waals surface area contributed by atoms with Crippen LogP contribution in [0.25, 0.3) is 0 Å². The van der Waals surface area contributed by atoms with Gasteiger partial charge in [-0.1, -0.05) is 26.0 Å². The van der Waals surface area contributed by atoms with E-state index in [1.165, 1.54) is 12.1 Å². The third-order valence-corrected chi connectivity index (χ3v) is 6.20. The van der Waals surface area contributed by atoms with Gasteiger partial charge in [0.1, 0.15) is 23.9 Å². The normalized spacial score (nSPS) is 17.3. The van der Waals surface area contributed by atoms with Gasteiger partial charge in [0.25, 0.3) is 5.91 Å². The Morgan fingerprint density at radius 3 is 2.54 bits per heavy atom. The predicted octanol–water partition coefficient (Wildman–Crippen LogP) is 5.17. The summed E-state index contributed by atoms with van der Waals surface area (Å²) in [6, 6.07) is 13.0. The zero-order valence-electron chi connectivity index (χ0n) is 21.0. The van der Waals surface area contributed by atoms with Crippen molar-refractivity contribution in [2.24, 2.45) is 5.92 Å². The lowest BCUT2D eigenvalue weighted by Crippen LogP contribution is -2.46. The predicted molar refractivity (Wildman–Crippen MR) is 134 cm³/mol. The van der Waals surface area contributed by atoms with E-state index in [4.69, 9.17) is 9.47 Å². The van der Waals surface area contributed by atoms with Gasteiger partial charge in [0.2, 0.25) is 5.91 Å². The number of ether oxygens (including phenoxy) is 2. The maximum Gasteiger partial charge on any atom is 0.257 e. The Morgan fingerprint density at radius 1 is 1.11 bits per heavy atom. The number of rotatable bonds is 7. The number of carbonyl (C=O) groups excluding carboxylic acids is 2. The fourth-order valence-electron chi connectivity index (χ4n) is 4.38. The van der Waals surface area contributed by atoms with Crippen LogP contribution in [0.5, 0.6) is 11.5 Å². The Labute approximate surface area is 208 Å². The number of amides is 2. The maximum atomic E-state index is 13.3. The molecule has 190 valence electrons. The summed E-state index contributed by atoms with van der Waals surface area (Å²) in [6.07, 6.45) is 2.63. The minimum absolute atomic E-state index is 0.00938.